The third-order valence-corrected chi connectivity index (χ3v) is 4.53. The Morgan fingerprint density at radius 1 is 1.32 bits per heavy atom. The SMILES string of the molecule is Cc1[nH]ncc1CNC[C@@H]1CCCN(Cc2ccccc2)C1. The average Bonchev–Trinajstić information content (AvgIpc) is 2.94. The topological polar surface area (TPSA) is 44.0 Å². The minimum Gasteiger partial charge on any atom is -0.312 e. The van der Waals surface area contributed by atoms with E-state index < -0.39 is 0 Å². The highest BCUT2D eigenvalue weighted by Gasteiger charge is 2.19. The van der Waals surface area contributed by atoms with Gasteiger partial charge in [-0.15, -0.1) is 0 Å². The first-order valence-corrected chi connectivity index (χ1v) is 8.27. The van der Waals surface area contributed by atoms with Crippen LogP contribution in [-0.4, -0.2) is 34.7 Å². The Kier molecular flexibility index (Phi) is 5.24. The summed E-state index contributed by atoms with van der Waals surface area (Å²) in [5.74, 6) is 0.754. The molecule has 1 saturated heterocycles. The van der Waals surface area contributed by atoms with Gasteiger partial charge in [0, 0.05) is 30.9 Å². The van der Waals surface area contributed by atoms with Gasteiger partial charge in [0.15, 0.2) is 0 Å². The number of H-pyrrole nitrogens is 1. The van der Waals surface area contributed by atoms with E-state index in [1.165, 1.54) is 42.8 Å². The van der Waals surface area contributed by atoms with Crippen molar-refractivity contribution >= 4 is 0 Å². The lowest BCUT2D eigenvalue weighted by Crippen LogP contribution is -2.39. The molecule has 2 aromatic rings. The van der Waals surface area contributed by atoms with E-state index >= 15 is 0 Å². The largest absolute Gasteiger partial charge is 0.312 e. The molecule has 1 aromatic heterocycles. The molecule has 2 heterocycles. The van der Waals surface area contributed by atoms with E-state index in [-0.39, 0.29) is 0 Å². The van der Waals surface area contributed by atoms with Gasteiger partial charge in [-0.05, 0) is 44.3 Å². The van der Waals surface area contributed by atoms with Crippen LogP contribution in [0.5, 0.6) is 0 Å². The van der Waals surface area contributed by atoms with Crippen LogP contribution in [-0.2, 0) is 13.1 Å². The summed E-state index contributed by atoms with van der Waals surface area (Å²) >= 11 is 0. The van der Waals surface area contributed by atoms with Crippen molar-refractivity contribution in [2.24, 2.45) is 5.92 Å². The van der Waals surface area contributed by atoms with E-state index in [1.54, 1.807) is 0 Å². The molecule has 118 valence electrons. The number of aryl methyl sites for hydroxylation is 1. The molecule has 4 heteroatoms. The first-order valence-electron chi connectivity index (χ1n) is 8.27. The lowest BCUT2D eigenvalue weighted by Gasteiger charge is -2.33. The molecule has 4 nitrogen and oxygen atoms in total. The van der Waals surface area contributed by atoms with Crippen LogP contribution in [0.1, 0.15) is 29.7 Å². The van der Waals surface area contributed by atoms with E-state index in [0.717, 1.165) is 25.6 Å². The average molecular weight is 298 g/mol. The Morgan fingerprint density at radius 3 is 2.95 bits per heavy atom. The Morgan fingerprint density at radius 2 is 2.18 bits per heavy atom. The summed E-state index contributed by atoms with van der Waals surface area (Å²) in [5.41, 5.74) is 3.86. The molecule has 0 amide bonds. The molecule has 0 saturated carbocycles. The van der Waals surface area contributed by atoms with Gasteiger partial charge in [0.25, 0.3) is 0 Å². The quantitative estimate of drug-likeness (QED) is 0.862. The molecule has 1 atom stereocenters. The van der Waals surface area contributed by atoms with Crippen molar-refractivity contribution < 1.29 is 0 Å². The first-order chi connectivity index (χ1) is 10.8. The summed E-state index contributed by atoms with van der Waals surface area (Å²) in [6, 6.07) is 10.8. The molecule has 0 bridgehead atoms. The van der Waals surface area contributed by atoms with Crippen LogP contribution < -0.4 is 5.32 Å². The third-order valence-electron chi connectivity index (χ3n) is 4.53. The van der Waals surface area contributed by atoms with Gasteiger partial charge >= 0.3 is 0 Å². The zero-order chi connectivity index (χ0) is 15.2. The van der Waals surface area contributed by atoms with Gasteiger partial charge in [0.2, 0.25) is 0 Å². The highest BCUT2D eigenvalue weighted by Crippen LogP contribution is 2.18. The maximum atomic E-state index is 4.07. The Bertz CT molecular complexity index is 563. The number of aromatic amines is 1. The third kappa shape index (κ3) is 4.18. The van der Waals surface area contributed by atoms with Crippen LogP contribution >= 0.6 is 0 Å². The predicted octanol–water partition coefficient (Wildman–Crippen LogP) is 2.72. The number of hydrogen-bond acceptors (Lipinski definition) is 3. The fourth-order valence-corrected chi connectivity index (χ4v) is 3.27. The van der Waals surface area contributed by atoms with Gasteiger partial charge in [-0.3, -0.25) is 10.00 Å². The minimum atomic E-state index is 0.754. The first kappa shape index (κ1) is 15.3. The molecule has 0 aliphatic carbocycles. The van der Waals surface area contributed by atoms with Gasteiger partial charge in [-0.1, -0.05) is 30.3 Å². The second kappa shape index (κ2) is 7.56. The van der Waals surface area contributed by atoms with Crippen LogP contribution in [0, 0.1) is 12.8 Å². The zero-order valence-electron chi connectivity index (χ0n) is 13.4. The molecule has 1 fully saturated rings. The molecule has 1 aliphatic heterocycles. The molecule has 0 radical (unpaired) electrons. The highest BCUT2D eigenvalue weighted by atomic mass is 15.1. The summed E-state index contributed by atoms with van der Waals surface area (Å²) in [6.45, 7) is 7.59. The van der Waals surface area contributed by atoms with Gasteiger partial charge in [0.05, 0.1) is 6.20 Å². The Labute approximate surface area is 132 Å². The number of rotatable bonds is 6. The molecule has 0 unspecified atom stereocenters. The van der Waals surface area contributed by atoms with Crippen LogP contribution in [0.15, 0.2) is 36.5 Å². The summed E-state index contributed by atoms with van der Waals surface area (Å²) in [7, 11) is 0. The van der Waals surface area contributed by atoms with Crippen molar-refractivity contribution in [1.29, 1.82) is 0 Å². The molecule has 0 spiro atoms. The van der Waals surface area contributed by atoms with Gasteiger partial charge in [-0.2, -0.15) is 5.10 Å². The highest BCUT2D eigenvalue weighted by molar-refractivity contribution is 5.15. The molecule has 2 N–H and O–H groups in total. The molecular weight excluding hydrogens is 272 g/mol. The number of hydrogen-bond donors (Lipinski definition) is 2. The van der Waals surface area contributed by atoms with Crippen LogP contribution in [0.3, 0.4) is 0 Å². The summed E-state index contributed by atoms with van der Waals surface area (Å²) in [5, 5.41) is 10.7. The van der Waals surface area contributed by atoms with Crippen molar-refractivity contribution in [2.45, 2.75) is 32.9 Å². The number of benzene rings is 1. The smallest absolute Gasteiger partial charge is 0.0535 e. The van der Waals surface area contributed by atoms with E-state index in [0.29, 0.717) is 0 Å². The maximum absolute atomic E-state index is 4.07. The van der Waals surface area contributed by atoms with E-state index in [9.17, 15) is 0 Å². The van der Waals surface area contributed by atoms with Gasteiger partial charge in [0.1, 0.15) is 0 Å². The second-order valence-electron chi connectivity index (χ2n) is 6.38. The minimum absolute atomic E-state index is 0.754. The lowest BCUT2D eigenvalue weighted by atomic mass is 9.97. The predicted molar refractivity (Wildman–Crippen MR) is 89.5 cm³/mol. The number of aromatic nitrogens is 2. The number of nitrogens with one attached hydrogen (secondary N) is 2. The van der Waals surface area contributed by atoms with Crippen molar-refractivity contribution in [3.8, 4) is 0 Å². The van der Waals surface area contributed by atoms with Gasteiger partial charge in [-0.25, -0.2) is 0 Å². The lowest BCUT2D eigenvalue weighted by molar-refractivity contribution is 0.165. The summed E-state index contributed by atoms with van der Waals surface area (Å²) in [4.78, 5) is 2.59. The molecular formula is C18H26N4. The normalized spacial score (nSPS) is 19.4. The molecule has 3 rings (SSSR count). The van der Waals surface area contributed by atoms with E-state index in [2.05, 4.69) is 57.7 Å². The number of likely N-dealkylation sites (tertiary alicyclic amines) is 1. The molecule has 1 aliphatic rings. The van der Waals surface area contributed by atoms with Crippen LogP contribution in [0.25, 0.3) is 0 Å². The van der Waals surface area contributed by atoms with E-state index in [4.69, 9.17) is 0 Å². The van der Waals surface area contributed by atoms with Crippen LogP contribution in [0.2, 0.25) is 0 Å². The van der Waals surface area contributed by atoms with Crippen molar-refractivity contribution in [2.75, 3.05) is 19.6 Å². The molecule has 1 aromatic carbocycles. The summed E-state index contributed by atoms with van der Waals surface area (Å²) in [6.07, 6.45) is 4.57. The van der Waals surface area contributed by atoms with E-state index in [1.807, 2.05) is 6.20 Å². The monoisotopic (exact) mass is 298 g/mol. The van der Waals surface area contributed by atoms with Gasteiger partial charge < -0.3 is 5.32 Å². The number of piperidine rings is 1. The maximum Gasteiger partial charge on any atom is 0.0535 e. The fraction of sp³-hybridized carbons (Fsp3) is 0.500. The van der Waals surface area contributed by atoms with Crippen LogP contribution in [0.4, 0.5) is 0 Å². The number of nitrogens with zero attached hydrogens (tertiary/aromatic N) is 2. The fourth-order valence-electron chi connectivity index (χ4n) is 3.27. The summed E-state index contributed by atoms with van der Waals surface area (Å²) < 4.78 is 0. The van der Waals surface area contributed by atoms with Crippen molar-refractivity contribution in [1.82, 2.24) is 20.4 Å². The second-order valence-corrected chi connectivity index (χ2v) is 6.38. The molecule has 22 heavy (non-hydrogen) atoms. The van der Waals surface area contributed by atoms with Crippen molar-refractivity contribution in [3.05, 3.63) is 53.3 Å². The Hall–Kier alpha value is -1.65. The van der Waals surface area contributed by atoms with Crippen molar-refractivity contribution in [3.63, 3.8) is 0 Å². The zero-order valence-corrected chi connectivity index (χ0v) is 13.4. The standard InChI is InChI=1S/C18H26N4/c1-15-18(12-20-21-15)11-19-10-17-8-5-9-22(14-17)13-16-6-3-2-4-7-16/h2-4,6-7,12,17,19H,5,8-11,13-14H2,1H3,(H,20,21)/t17-/m0/s1. The Balaban J connectivity index is 1.43.